The molecule has 0 spiro atoms. The summed E-state index contributed by atoms with van der Waals surface area (Å²) in [5, 5.41) is 12.4. The lowest BCUT2D eigenvalue weighted by atomic mass is 9.86. The van der Waals surface area contributed by atoms with Gasteiger partial charge in [-0.1, -0.05) is 24.3 Å². The molecule has 1 saturated carbocycles. The lowest BCUT2D eigenvalue weighted by Crippen LogP contribution is -2.25. The van der Waals surface area contributed by atoms with Gasteiger partial charge in [0, 0.05) is 36.5 Å². The summed E-state index contributed by atoms with van der Waals surface area (Å²) in [5.74, 6) is 1.14. The summed E-state index contributed by atoms with van der Waals surface area (Å²) in [6.45, 7) is 0.679. The number of carbonyl (C=O) groups excluding carboxylic acids is 2. The van der Waals surface area contributed by atoms with Crippen LogP contribution in [0.25, 0.3) is 22.2 Å². The third-order valence-electron chi connectivity index (χ3n) is 9.22. The van der Waals surface area contributed by atoms with Crippen LogP contribution in [0.2, 0.25) is 0 Å². The molecule has 0 aliphatic heterocycles. The zero-order valence-corrected chi connectivity index (χ0v) is 28.5. The highest BCUT2D eigenvalue weighted by Crippen LogP contribution is 2.39. The number of ether oxygens (including phenoxy) is 4. The quantitative estimate of drug-likeness (QED) is 0.138. The first-order valence-electron chi connectivity index (χ1n) is 16.4. The summed E-state index contributed by atoms with van der Waals surface area (Å²) in [5.41, 5.74) is 4.47. The number of benzene rings is 3. The van der Waals surface area contributed by atoms with Gasteiger partial charge < -0.3 is 29.6 Å². The van der Waals surface area contributed by atoms with Crippen molar-refractivity contribution in [2.75, 3.05) is 33.8 Å². The highest BCUT2D eigenvalue weighted by Gasteiger charge is 2.30. The van der Waals surface area contributed by atoms with E-state index in [1.165, 1.54) is 26.4 Å². The van der Waals surface area contributed by atoms with Gasteiger partial charge in [-0.15, -0.1) is 0 Å². The number of hydrogen-bond donors (Lipinski definition) is 2. The molecule has 3 aromatic carbocycles. The number of carbonyl (C=O) groups is 2. The van der Waals surface area contributed by atoms with Gasteiger partial charge in [-0.25, -0.2) is 9.37 Å². The molecule has 0 unspecified atom stereocenters. The maximum absolute atomic E-state index is 13.9. The molecule has 50 heavy (non-hydrogen) atoms. The average molecular weight is 682 g/mol. The molecule has 0 atom stereocenters. The predicted molar refractivity (Wildman–Crippen MR) is 187 cm³/mol. The number of rotatable bonds is 12. The molecule has 1 aliphatic rings. The summed E-state index contributed by atoms with van der Waals surface area (Å²) in [6, 6.07) is 19.4. The van der Waals surface area contributed by atoms with Crippen LogP contribution in [0.1, 0.15) is 53.2 Å². The van der Waals surface area contributed by atoms with Gasteiger partial charge in [0.25, 0.3) is 5.91 Å². The number of aromatic nitrogens is 3. The highest BCUT2D eigenvalue weighted by molar-refractivity contribution is 6.01. The van der Waals surface area contributed by atoms with Crippen molar-refractivity contribution >= 4 is 28.6 Å². The number of fused-ring (bicyclic) bond motifs is 1. The number of anilines is 1. The van der Waals surface area contributed by atoms with E-state index in [1.54, 1.807) is 20.4 Å². The Kier molecular flexibility index (Phi) is 10.5. The van der Waals surface area contributed by atoms with Crippen molar-refractivity contribution in [3.05, 3.63) is 95.4 Å². The van der Waals surface area contributed by atoms with Gasteiger partial charge in [0.05, 0.1) is 56.9 Å². The van der Waals surface area contributed by atoms with Gasteiger partial charge in [0.2, 0.25) is 0 Å². The van der Waals surface area contributed by atoms with Crippen molar-refractivity contribution in [1.82, 2.24) is 20.1 Å². The van der Waals surface area contributed by atoms with E-state index in [0.29, 0.717) is 29.6 Å². The zero-order valence-electron chi connectivity index (χ0n) is 28.5. The van der Waals surface area contributed by atoms with E-state index in [9.17, 15) is 14.0 Å². The van der Waals surface area contributed by atoms with E-state index < -0.39 is 11.7 Å². The molecule has 0 bridgehead atoms. The standard InChI is InChI=1S/C38H40FN5O6/c1-47-29-15-11-26(33(20-29)49-3)22-41-36-34-31(17-18-40-36)44(28-13-9-25(10-14-28)38(46)50-4)43-35(34)24-7-5-23(6-8-24)21-42-37(45)30-19-27(39)12-16-32(30)48-2/h5-8,11-12,15-20,25,28H,9-10,13-14,21-22H2,1-4H3,(H,40,41)(H,42,45). The van der Waals surface area contributed by atoms with E-state index in [2.05, 4.69) is 15.3 Å². The molecule has 1 aliphatic carbocycles. The number of halogens is 1. The number of nitrogens with zero attached hydrogens (tertiary/aromatic N) is 3. The second kappa shape index (κ2) is 15.3. The lowest BCUT2D eigenvalue weighted by Gasteiger charge is -2.27. The van der Waals surface area contributed by atoms with Crippen LogP contribution in [0.5, 0.6) is 17.2 Å². The first-order valence-corrected chi connectivity index (χ1v) is 16.4. The first kappa shape index (κ1) is 34.2. The maximum atomic E-state index is 13.9. The fourth-order valence-corrected chi connectivity index (χ4v) is 6.52. The van der Waals surface area contributed by atoms with Crippen LogP contribution >= 0.6 is 0 Å². The largest absolute Gasteiger partial charge is 0.497 e. The van der Waals surface area contributed by atoms with Gasteiger partial charge in [-0.05, 0) is 67.6 Å². The number of esters is 1. The molecular formula is C38H40FN5O6. The summed E-state index contributed by atoms with van der Waals surface area (Å²) in [7, 11) is 6.12. The molecule has 2 heterocycles. The summed E-state index contributed by atoms with van der Waals surface area (Å²) in [4.78, 5) is 29.8. The Bertz CT molecular complexity index is 1990. The fourth-order valence-electron chi connectivity index (χ4n) is 6.52. The smallest absolute Gasteiger partial charge is 0.308 e. The molecule has 5 aromatic rings. The van der Waals surface area contributed by atoms with Crippen molar-refractivity contribution < 1.29 is 32.9 Å². The van der Waals surface area contributed by atoms with Crippen molar-refractivity contribution in [2.45, 2.75) is 44.8 Å². The second-order valence-corrected chi connectivity index (χ2v) is 12.1. The van der Waals surface area contributed by atoms with Crippen LogP contribution in [0, 0.1) is 11.7 Å². The molecule has 260 valence electrons. The minimum Gasteiger partial charge on any atom is -0.497 e. The van der Waals surface area contributed by atoms with E-state index >= 15 is 0 Å². The minimum absolute atomic E-state index is 0.0957. The summed E-state index contributed by atoms with van der Waals surface area (Å²) < 4.78 is 37.2. The van der Waals surface area contributed by atoms with Crippen LogP contribution in [0.4, 0.5) is 10.2 Å². The maximum Gasteiger partial charge on any atom is 0.308 e. The summed E-state index contributed by atoms with van der Waals surface area (Å²) >= 11 is 0. The van der Waals surface area contributed by atoms with Gasteiger partial charge in [-0.3, -0.25) is 14.3 Å². The molecule has 12 heteroatoms. The van der Waals surface area contributed by atoms with Crippen molar-refractivity contribution in [1.29, 1.82) is 0 Å². The zero-order chi connectivity index (χ0) is 35.2. The Balaban J connectivity index is 1.30. The van der Waals surface area contributed by atoms with Gasteiger partial charge in [0.1, 0.15) is 34.6 Å². The predicted octanol–water partition coefficient (Wildman–Crippen LogP) is 6.71. The second-order valence-electron chi connectivity index (χ2n) is 12.1. The van der Waals surface area contributed by atoms with Crippen LogP contribution in [0.15, 0.2) is 72.9 Å². The van der Waals surface area contributed by atoms with Crippen LogP contribution < -0.4 is 24.8 Å². The van der Waals surface area contributed by atoms with Crippen molar-refractivity contribution in [2.24, 2.45) is 5.92 Å². The topological polar surface area (TPSA) is 126 Å². The third kappa shape index (κ3) is 7.19. The Hall–Kier alpha value is -5.65. The Morgan fingerprint density at radius 3 is 2.32 bits per heavy atom. The molecule has 0 radical (unpaired) electrons. The van der Waals surface area contributed by atoms with Crippen LogP contribution in [0.3, 0.4) is 0 Å². The molecular weight excluding hydrogens is 641 g/mol. The molecule has 1 amide bonds. The Morgan fingerprint density at radius 2 is 1.62 bits per heavy atom. The molecule has 11 nitrogen and oxygen atoms in total. The molecule has 2 N–H and O–H groups in total. The number of hydrogen-bond acceptors (Lipinski definition) is 9. The summed E-state index contributed by atoms with van der Waals surface area (Å²) in [6.07, 6.45) is 4.81. The van der Waals surface area contributed by atoms with Gasteiger partial charge in [0.15, 0.2) is 0 Å². The van der Waals surface area contributed by atoms with Gasteiger partial charge >= 0.3 is 5.97 Å². The van der Waals surface area contributed by atoms with E-state index in [-0.39, 0.29) is 30.0 Å². The normalized spacial score (nSPS) is 15.7. The monoisotopic (exact) mass is 681 g/mol. The van der Waals surface area contributed by atoms with Crippen LogP contribution in [-0.4, -0.2) is 55.1 Å². The Labute approximate surface area is 289 Å². The molecule has 1 fully saturated rings. The number of pyridine rings is 1. The fraction of sp³-hybridized carbons (Fsp3) is 0.316. The molecule has 6 rings (SSSR count). The molecule has 0 saturated heterocycles. The average Bonchev–Trinajstić information content (AvgIpc) is 3.56. The number of nitrogens with one attached hydrogen (secondary N) is 2. The first-order chi connectivity index (χ1) is 24.3. The van der Waals surface area contributed by atoms with Crippen molar-refractivity contribution in [3.63, 3.8) is 0 Å². The SMILES string of the molecule is COC(=O)C1CCC(n2nc(-c3ccc(CNC(=O)c4cc(F)ccc4OC)cc3)c3c(NCc4ccc(OC)cc4OC)nccc32)CC1. The number of methoxy groups -OCH3 is 4. The Morgan fingerprint density at radius 1 is 0.860 bits per heavy atom. The molecule has 2 aromatic heterocycles. The highest BCUT2D eigenvalue weighted by atomic mass is 19.1. The van der Waals surface area contributed by atoms with Crippen LogP contribution in [-0.2, 0) is 22.6 Å². The minimum atomic E-state index is -0.519. The van der Waals surface area contributed by atoms with E-state index in [0.717, 1.165) is 65.0 Å². The van der Waals surface area contributed by atoms with Gasteiger partial charge in [-0.2, -0.15) is 5.10 Å². The van der Waals surface area contributed by atoms with E-state index in [4.69, 9.17) is 29.0 Å². The third-order valence-corrected chi connectivity index (χ3v) is 9.22. The van der Waals surface area contributed by atoms with Crippen molar-refractivity contribution in [3.8, 4) is 28.5 Å². The number of amides is 1. The van der Waals surface area contributed by atoms with E-state index in [1.807, 2.05) is 48.5 Å². The lowest BCUT2D eigenvalue weighted by molar-refractivity contribution is -0.146.